The van der Waals surface area contributed by atoms with Crippen LogP contribution in [0.2, 0.25) is 5.02 Å². The molecule has 0 fully saturated rings. The van der Waals surface area contributed by atoms with E-state index < -0.39 is 0 Å². The molecule has 0 atom stereocenters. The molecule has 1 heterocycles. The SMILES string of the molecule is Cc1nn(C)c(CNCCCCl)c1Cl. The molecule has 3 nitrogen and oxygen atoms in total. The van der Waals surface area contributed by atoms with E-state index in [1.54, 1.807) is 0 Å². The zero-order chi connectivity index (χ0) is 10.6. The Hall–Kier alpha value is -0.250. The van der Waals surface area contributed by atoms with Gasteiger partial charge in [0.15, 0.2) is 0 Å². The van der Waals surface area contributed by atoms with E-state index in [9.17, 15) is 0 Å². The first kappa shape index (κ1) is 11.8. The smallest absolute Gasteiger partial charge is 0.0860 e. The Morgan fingerprint density at radius 2 is 2.21 bits per heavy atom. The van der Waals surface area contributed by atoms with E-state index in [1.807, 2.05) is 18.7 Å². The zero-order valence-corrected chi connectivity index (χ0v) is 9.99. The number of aryl methyl sites for hydroxylation is 2. The number of nitrogens with one attached hydrogen (secondary N) is 1. The summed E-state index contributed by atoms with van der Waals surface area (Å²) in [5, 5.41) is 8.25. The van der Waals surface area contributed by atoms with E-state index in [-0.39, 0.29) is 0 Å². The van der Waals surface area contributed by atoms with Crippen LogP contribution in [0.25, 0.3) is 0 Å². The minimum atomic E-state index is 0.686. The summed E-state index contributed by atoms with van der Waals surface area (Å²) in [7, 11) is 1.90. The van der Waals surface area contributed by atoms with Gasteiger partial charge in [0.2, 0.25) is 0 Å². The minimum absolute atomic E-state index is 0.686. The molecule has 1 aromatic rings. The molecule has 80 valence electrons. The van der Waals surface area contributed by atoms with Gasteiger partial charge < -0.3 is 5.32 Å². The van der Waals surface area contributed by atoms with Crippen molar-refractivity contribution in [3.8, 4) is 0 Å². The highest BCUT2D eigenvalue weighted by Gasteiger charge is 2.09. The number of rotatable bonds is 5. The minimum Gasteiger partial charge on any atom is -0.311 e. The molecule has 1 N–H and O–H groups in total. The van der Waals surface area contributed by atoms with Crippen molar-refractivity contribution in [1.82, 2.24) is 15.1 Å². The molecule has 0 aliphatic heterocycles. The summed E-state index contributed by atoms with van der Waals surface area (Å²) in [6.07, 6.45) is 0.968. The van der Waals surface area contributed by atoms with Crippen molar-refractivity contribution in [3.63, 3.8) is 0 Å². The largest absolute Gasteiger partial charge is 0.311 e. The Bertz CT molecular complexity index is 296. The molecule has 0 radical (unpaired) electrons. The Morgan fingerprint density at radius 1 is 1.50 bits per heavy atom. The molecule has 0 saturated heterocycles. The normalized spacial score (nSPS) is 10.9. The number of hydrogen-bond donors (Lipinski definition) is 1. The van der Waals surface area contributed by atoms with Crippen molar-refractivity contribution in [2.75, 3.05) is 12.4 Å². The first-order valence-electron chi connectivity index (χ1n) is 4.61. The average molecular weight is 236 g/mol. The molecule has 0 unspecified atom stereocenters. The van der Waals surface area contributed by atoms with E-state index >= 15 is 0 Å². The van der Waals surface area contributed by atoms with Crippen LogP contribution in [0.1, 0.15) is 17.8 Å². The van der Waals surface area contributed by atoms with Gasteiger partial charge in [0.1, 0.15) is 0 Å². The van der Waals surface area contributed by atoms with Crippen molar-refractivity contribution in [3.05, 3.63) is 16.4 Å². The van der Waals surface area contributed by atoms with Crippen molar-refractivity contribution in [1.29, 1.82) is 0 Å². The van der Waals surface area contributed by atoms with Crippen LogP contribution in [-0.2, 0) is 13.6 Å². The Balaban J connectivity index is 2.49. The van der Waals surface area contributed by atoms with Crippen molar-refractivity contribution in [2.24, 2.45) is 7.05 Å². The summed E-state index contributed by atoms with van der Waals surface area (Å²) in [6.45, 7) is 3.56. The van der Waals surface area contributed by atoms with Crippen LogP contribution in [0.3, 0.4) is 0 Å². The van der Waals surface area contributed by atoms with Crippen LogP contribution in [0, 0.1) is 6.92 Å². The molecule has 0 aromatic carbocycles. The van der Waals surface area contributed by atoms with Crippen LogP contribution >= 0.6 is 23.2 Å². The van der Waals surface area contributed by atoms with Crippen LogP contribution in [0.4, 0.5) is 0 Å². The van der Waals surface area contributed by atoms with Gasteiger partial charge in [-0.05, 0) is 19.9 Å². The molecular weight excluding hydrogens is 221 g/mol. The van der Waals surface area contributed by atoms with Crippen molar-refractivity contribution in [2.45, 2.75) is 19.9 Å². The molecule has 0 spiro atoms. The lowest BCUT2D eigenvalue weighted by Gasteiger charge is -2.04. The quantitative estimate of drug-likeness (QED) is 0.626. The maximum absolute atomic E-state index is 6.08. The van der Waals surface area contributed by atoms with E-state index in [1.165, 1.54) is 0 Å². The van der Waals surface area contributed by atoms with Gasteiger partial charge in [0, 0.05) is 19.5 Å². The lowest BCUT2D eigenvalue weighted by molar-refractivity contribution is 0.620. The predicted molar refractivity (Wildman–Crippen MR) is 60.0 cm³/mol. The summed E-state index contributed by atoms with van der Waals surface area (Å²) in [5.41, 5.74) is 1.90. The number of alkyl halides is 1. The maximum atomic E-state index is 6.08. The molecule has 0 bridgehead atoms. The summed E-state index contributed by atoms with van der Waals surface area (Å²) in [4.78, 5) is 0. The second kappa shape index (κ2) is 5.59. The van der Waals surface area contributed by atoms with Crippen LogP contribution in [-0.4, -0.2) is 22.2 Å². The van der Waals surface area contributed by atoms with Gasteiger partial charge in [-0.25, -0.2) is 0 Å². The molecule has 0 saturated carbocycles. The highest BCUT2D eigenvalue weighted by Crippen LogP contribution is 2.18. The fourth-order valence-corrected chi connectivity index (χ4v) is 1.63. The number of hydrogen-bond acceptors (Lipinski definition) is 2. The Morgan fingerprint density at radius 3 is 2.71 bits per heavy atom. The third-order valence-corrected chi connectivity index (χ3v) is 2.80. The van der Waals surface area contributed by atoms with Gasteiger partial charge in [0.25, 0.3) is 0 Å². The fourth-order valence-electron chi connectivity index (χ4n) is 1.27. The zero-order valence-electron chi connectivity index (χ0n) is 8.48. The molecule has 5 heteroatoms. The van der Waals surface area contributed by atoms with Crippen LogP contribution in [0.15, 0.2) is 0 Å². The second-order valence-electron chi connectivity index (χ2n) is 3.19. The lowest BCUT2D eigenvalue weighted by atomic mass is 10.3. The van der Waals surface area contributed by atoms with Crippen molar-refractivity contribution < 1.29 is 0 Å². The van der Waals surface area contributed by atoms with Gasteiger partial charge in [0.05, 0.1) is 16.4 Å². The summed E-state index contributed by atoms with van der Waals surface area (Å²) in [5.74, 6) is 0.686. The van der Waals surface area contributed by atoms with E-state index in [0.29, 0.717) is 5.88 Å². The number of nitrogens with zero attached hydrogens (tertiary/aromatic N) is 2. The van der Waals surface area contributed by atoms with Crippen LogP contribution < -0.4 is 5.32 Å². The first-order valence-corrected chi connectivity index (χ1v) is 5.52. The fraction of sp³-hybridized carbons (Fsp3) is 0.667. The highest BCUT2D eigenvalue weighted by atomic mass is 35.5. The number of aromatic nitrogens is 2. The van der Waals surface area contributed by atoms with Gasteiger partial charge in [-0.3, -0.25) is 4.68 Å². The Kier molecular flexibility index (Phi) is 4.72. The van der Waals surface area contributed by atoms with Crippen LogP contribution in [0.5, 0.6) is 0 Å². The lowest BCUT2D eigenvalue weighted by Crippen LogP contribution is -2.17. The summed E-state index contributed by atoms with van der Waals surface area (Å²) >= 11 is 11.6. The maximum Gasteiger partial charge on any atom is 0.0860 e. The third-order valence-electron chi connectivity index (χ3n) is 2.04. The second-order valence-corrected chi connectivity index (χ2v) is 3.94. The molecule has 1 aromatic heterocycles. The van der Waals surface area contributed by atoms with E-state index in [2.05, 4.69) is 10.4 Å². The molecular formula is C9H15Cl2N3. The molecule has 1 rings (SSSR count). The summed E-state index contributed by atoms with van der Waals surface area (Å²) in [6, 6.07) is 0. The molecule has 0 aliphatic carbocycles. The molecule has 0 aliphatic rings. The van der Waals surface area contributed by atoms with Gasteiger partial charge in [-0.2, -0.15) is 5.10 Å². The Labute approximate surface area is 94.4 Å². The molecule has 14 heavy (non-hydrogen) atoms. The predicted octanol–water partition coefficient (Wildman–Crippen LogP) is 2.10. The van der Waals surface area contributed by atoms with Gasteiger partial charge >= 0.3 is 0 Å². The van der Waals surface area contributed by atoms with Gasteiger partial charge in [-0.15, -0.1) is 11.6 Å². The van der Waals surface area contributed by atoms with E-state index in [4.69, 9.17) is 23.2 Å². The highest BCUT2D eigenvalue weighted by molar-refractivity contribution is 6.31. The summed E-state index contributed by atoms with van der Waals surface area (Å²) < 4.78 is 1.81. The van der Waals surface area contributed by atoms with Gasteiger partial charge in [-0.1, -0.05) is 11.6 Å². The average Bonchev–Trinajstić information content (AvgIpc) is 2.38. The third kappa shape index (κ3) is 2.87. The van der Waals surface area contributed by atoms with E-state index in [0.717, 1.165) is 35.9 Å². The number of halogens is 2. The van der Waals surface area contributed by atoms with Crippen molar-refractivity contribution >= 4 is 23.2 Å². The topological polar surface area (TPSA) is 29.9 Å². The standard InChI is InChI=1S/C9H15Cl2N3/c1-7-9(11)8(14(2)13-7)6-12-5-3-4-10/h12H,3-6H2,1-2H3. The monoisotopic (exact) mass is 235 g/mol. The molecule has 0 amide bonds. The first-order chi connectivity index (χ1) is 6.66.